The first-order valence-corrected chi connectivity index (χ1v) is 9.35. The summed E-state index contributed by atoms with van der Waals surface area (Å²) in [5.74, 6) is -0.194. The molecule has 0 N–H and O–H groups in total. The minimum atomic E-state index is -0.194. The highest BCUT2D eigenvalue weighted by Crippen LogP contribution is 2.28. The van der Waals surface area contributed by atoms with E-state index in [0.717, 1.165) is 24.1 Å². The number of pyridine rings is 1. The van der Waals surface area contributed by atoms with Crippen molar-refractivity contribution < 1.29 is 4.39 Å². The standard InChI is InChI=1S/C24H23FN2/c1-17-18(2)27(16-20-9-6-10-21(25)15-20)24-22(17)13-14-26-23(24)12-11-19-7-4-3-5-8-19/h3-10,13-15H,11-12,16H2,1-2H3. The highest BCUT2D eigenvalue weighted by atomic mass is 19.1. The largest absolute Gasteiger partial charge is 0.339 e. The van der Waals surface area contributed by atoms with Crippen molar-refractivity contribution in [3.05, 3.63) is 101 Å². The molecule has 0 aliphatic carbocycles. The van der Waals surface area contributed by atoms with Crippen LogP contribution in [0.3, 0.4) is 0 Å². The lowest BCUT2D eigenvalue weighted by Crippen LogP contribution is -2.05. The average Bonchev–Trinajstić information content (AvgIpc) is 2.93. The first kappa shape index (κ1) is 17.5. The molecule has 0 bridgehead atoms. The van der Waals surface area contributed by atoms with Gasteiger partial charge in [0.05, 0.1) is 11.2 Å². The average molecular weight is 358 g/mol. The summed E-state index contributed by atoms with van der Waals surface area (Å²) in [6, 6.07) is 19.4. The van der Waals surface area contributed by atoms with Crippen LogP contribution in [0.1, 0.15) is 28.1 Å². The van der Waals surface area contributed by atoms with Crippen LogP contribution in [0.25, 0.3) is 10.9 Å². The Balaban J connectivity index is 1.75. The lowest BCUT2D eigenvalue weighted by Gasteiger charge is -2.12. The number of fused-ring (bicyclic) bond motifs is 1. The van der Waals surface area contributed by atoms with Crippen molar-refractivity contribution in [2.75, 3.05) is 0 Å². The van der Waals surface area contributed by atoms with Crippen molar-refractivity contribution in [1.82, 2.24) is 9.55 Å². The smallest absolute Gasteiger partial charge is 0.123 e. The topological polar surface area (TPSA) is 17.8 Å². The molecule has 0 atom stereocenters. The van der Waals surface area contributed by atoms with Gasteiger partial charge < -0.3 is 4.57 Å². The Morgan fingerprint density at radius 1 is 0.889 bits per heavy atom. The van der Waals surface area contributed by atoms with Gasteiger partial charge in [-0.05, 0) is 61.6 Å². The molecule has 2 aromatic carbocycles. The van der Waals surface area contributed by atoms with E-state index in [1.165, 1.54) is 33.8 Å². The molecule has 136 valence electrons. The Kier molecular flexibility index (Phi) is 4.76. The van der Waals surface area contributed by atoms with Gasteiger partial charge in [-0.3, -0.25) is 4.98 Å². The zero-order chi connectivity index (χ0) is 18.8. The van der Waals surface area contributed by atoms with Gasteiger partial charge in [0.1, 0.15) is 5.82 Å². The number of aromatic nitrogens is 2. The van der Waals surface area contributed by atoms with Crippen molar-refractivity contribution in [3.63, 3.8) is 0 Å². The molecule has 4 aromatic rings. The summed E-state index contributed by atoms with van der Waals surface area (Å²) < 4.78 is 15.9. The number of benzene rings is 2. The molecule has 3 heteroatoms. The number of aryl methyl sites for hydroxylation is 3. The second kappa shape index (κ2) is 7.36. The van der Waals surface area contributed by atoms with Gasteiger partial charge >= 0.3 is 0 Å². The maximum absolute atomic E-state index is 13.7. The Labute approximate surface area is 159 Å². The highest BCUT2D eigenvalue weighted by molar-refractivity contribution is 5.87. The van der Waals surface area contributed by atoms with Gasteiger partial charge in [-0.25, -0.2) is 4.39 Å². The third-order valence-electron chi connectivity index (χ3n) is 5.34. The monoisotopic (exact) mass is 358 g/mol. The Hall–Kier alpha value is -2.94. The summed E-state index contributed by atoms with van der Waals surface area (Å²) in [5, 5.41) is 1.24. The first-order chi connectivity index (χ1) is 13.1. The van der Waals surface area contributed by atoms with Crippen molar-refractivity contribution in [2.24, 2.45) is 0 Å². The van der Waals surface area contributed by atoms with Gasteiger partial charge in [0.25, 0.3) is 0 Å². The second-order valence-corrected chi connectivity index (χ2v) is 7.07. The molecule has 0 unspecified atom stereocenters. The maximum atomic E-state index is 13.7. The van der Waals surface area contributed by atoms with Crippen molar-refractivity contribution in [1.29, 1.82) is 0 Å². The van der Waals surface area contributed by atoms with E-state index >= 15 is 0 Å². The predicted octanol–water partition coefficient (Wildman–Crippen LogP) is 5.63. The first-order valence-electron chi connectivity index (χ1n) is 9.35. The fraction of sp³-hybridized carbons (Fsp3) is 0.208. The lowest BCUT2D eigenvalue weighted by atomic mass is 10.1. The molecule has 0 spiro atoms. The zero-order valence-electron chi connectivity index (χ0n) is 15.7. The summed E-state index contributed by atoms with van der Waals surface area (Å²) >= 11 is 0. The summed E-state index contributed by atoms with van der Waals surface area (Å²) in [5.41, 5.74) is 7.03. The zero-order valence-corrected chi connectivity index (χ0v) is 15.7. The number of halogens is 1. The minimum absolute atomic E-state index is 0.194. The maximum Gasteiger partial charge on any atom is 0.123 e. The van der Waals surface area contributed by atoms with E-state index in [9.17, 15) is 4.39 Å². The van der Waals surface area contributed by atoms with Crippen LogP contribution < -0.4 is 0 Å². The molecular formula is C24H23FN2. The van der Waals surface area contributed by atoms with Gasteiger partial charge in [-0.1, -0.05) is 42.5 Å². The third-order valence-corrected chi connectivity index (χ3v) is 5.34. The van der Waals surface area contributed by atoms with Crippen molar-refractivity contribution in [3.8, 4) is 0 Å². The van der Waals surface area contributed by atoms with Crippen LogP contribution in [0.4, 0.5) is 4.39 Å². The third kappa shape index (κ3) is 3.50. The van der Waals surface area contributed by atoms with Crippen LogP contribution in [0.5, 0.6) is 0 Å². The van der Waals surface area contributed by atoms with Crippen LogP contribution in [0.2, 0.25) is 0 Å². The van der Waals surface area contributed by atoms with Crippen LogP contribution in [0, 0.1) is 19.7 Å². The molecule has 4 rings (SSSR count). The van der Waals surface area contributed by atoms with Crippen LogP contribution in [-0.4, -0.2) is 9.55 Å². The van der Waals surface area contributed by atoms with Crippen LogP contribution >= 0.6 is 0 Å². The fourth-order valence-corrected chi connectivity index (χ4v) is 3.77. The van der Waals surface area contributed by atoms with Crippen molar-refractivity contribution >= 4 is 10.9 Å². The molecule has 0 aliphatic heterocycles. The van der Waals surface area contributed by atoms with Crippen molar-refractivity contribution in [2.45, 2.75) is 33.2 Å². The van der Waals surface area contributed by atoms with Gasteiger partial charge in [0.15, 0.2) is 0 Å². The number of rotatable bonds is 5. The molecule has 0 saturated heterocycles. The second-order valence-electron chi connectivity index (χ2n) is 7.07. The molecule has 0 saturated carbocycles. The summed E-state index contributed by atoms with van der Waals surface area (Å²) in [6.45, 7) is 4.94. The Morgan fingerprint density at radius 3 is 2.44 bits per heavy atom. The van der Waals surface area contributed by atoms with E-state index in [2.05, 4.69) is 48.7 Å². The van der Waals surface area contributed by atoms with Gasteiger partial charge in [-0.15, -0.1) is 0 Å². The number of nitrogens with zero attached hydrogens (tertiary/aromatic N) is 2. The lowest BCUT2D eigenvalue weighted by molar-refractivity contribution is 0.623. The minimum Gasteiger partial charge on any atom is -0.339 e. The van der Waals surface area contributed by atoms with E-state index in [1.54, 1.807) is 12.1 Å². The molecule has 0 amide bonds. The molecule has 0 radical (unpaired) electrons. The van der Waals surface area contributed by atoms with Gasteiger partial charge in [0.2, 0.25) is 0 Å². The SMILES string of the molecule is Cc1c(C)n(Cc2cccc(F)c2)c2c(CCc3ccccc3)nccc12. The fourth-order valence-electron chi connectivity index (χ4n) is 3.77. The van der Waals surface area contributed by atoms with Crippen LogP contribution in [-0.2, 0) is 19.4 Å². The number of hydrogen-bond donors (Lipinski definition) is 0. The quantitative estimate of drug-likeness (QED) is 0.452. The van der Waals surface area contributed by atoms with E-state index in [-0.39, 0.29) is 5.82 Å². The van der Waals surface area contributed by atoms with Gasteiger partial charge in [0, 0.05) is 23.8 Å². The summed E-state index contributed by atoms with van der Waals surface area (Å²) in [6.07, 6.45) is 3.74. The molecular weight excluding hydrogens is 335 g/mol. The highest BCUT2D eigenvalue weighted by Gasteiger charge is 2.15. The van der Waals surface area contributed by atoms with E-state index in [0.29, 0.717) is 6.54 Å². The normalized spacial score (nSPS) is 11.2. The van der Waals surface area contributed by atoms with E-state index < -0.39 is 0 Å². The van der Waals surface area contributed by atoms with Gasteiger partial charge in [-0.2, -0.15) is 0 Å². The molecule has 2 heterocycles. The molecule has 27 heavy (non-hydrogen) atoms. The van der Waals surface area contributed by atoms with Crippen LogP contribution in [0.15, 0.2) is 66.9 Å². The van der Waals surface area contributed by atoms with E-state index in [1.807, 2.05) is 18.3 Å². The molecule has 2 nitrogen and oxygen atoms in total. The summed E-state index contributed by atoms with van der Waals surface area (Å²) in [7, 11) is 0. The Morgan fingerprint density at radius 2 is 1.67 bits per heavy atom. The Bertz CT molecular complexity index is 1080. The molecule has 2 aromatic heterocycles. The molecule has 0 aliphatic rings. The number of hydrogen-bond acceptors (Lipinski definition) is 1. The van der Waals surface area contributed by atoms with E-state index in [4.69, 9.17) is 4.98 Å². The molecule has 0 fully saturated rings. The predicted molar refractivity (Wildman–Crippen MR) is 109 cm³/mol. The summed E-state index contributed by atoms with van der Waals surface area (Å²) in [4.78, 5) is 4.70.